The minimum Gasteiger partial charge on any atom is -0.492 e. The normalized spacial score (nSPS) is 26.0. The van der Waals surface area contributed by atoms with Crippen LogP contribution in [0.2, 0.25) is 0 Å². The molecule has 14 nitrogen and oxygen atoms in total. The molecule has 3 aromatic rings. The summed E-state index contributed by atoms with van der Waals surface area (Å²) in [5.41, 5.74) is 1.68. The minimum atomic E-state index is -4.32. The third-order valence-electron chi connectivity index (χ3n) is 8.13. The largest absolute Gasteiger partial charge is 0.492 e. The molecule has 0 aromatic heterocycles. The van der Waals surface area contributed by atoms with E-state index in [0.717, 1.165) is 36.7 Å². The predicted octanol–water partition coefficient (Wildman–Crippen LogP) is 3.82. The molecule has 5 rings (SSSR count). The van der Waals surface area contributed by atoms with Gasteiger partial charge in [0.05, 0.1) is 27.9 Å². The smallest absolute Gasteiger partial charge is 0.303 e. The lowest BCUT2D eigenvalue weighted by Gasteiger charge is -2.45. The summed E-state index contributed by atoms with van der Waals surface area (Å²) in [6.45, 7) is 4.63. The van der Waals surface area contributed by atoms with Gasteiger partial charge in [-0.1, -0.05) is 53.6 Å². The number of benzene rings is 3. The molecule has 3 aromatic carbocycles. The van der Waals surface area contributed by atoms with Gasteiger partial charge in [0.2, 0.25) is 0 Å². The lowest BCUT2D eigenvalue weighted by atomic mass is 10.0. The van der Waals surface area contributed by atoms with Crippen LogP contribution in [0.5, 0.6) is 0 Å². The third kappa shape index (κ3) is 10.7. The number of rotatable bonds is 14. The first kappa shape index (κ1) is 40.4. The van der Waals surface area contributed by atoms with Crippen LogP contribution in [0.15, 0.2) is 106 Å². The van der Waals surface area contributed by atoms with E-state index in [0.29, 0.717) is 4.90 Å². The topological polar surface area (TPSA) is 187 Å². The fraction of sp³-hybridized carbons (Fsp3) is 0.389. The second kappa shape index (κ2) is 17.6. The third-order valence-corrected chi connectivity index (χ3v) is 12.0. The maximum atomic E-state index is 13.1. The molecule has 1 saturated heterocycles. The van der Waals surface area contributed by atoms with Gasteiger partial charge in [0, 0.05) is 18.7 Å². The molecule has 1 N–H and O–H groups in total. The van der Waals surface area contributed by atoms with Crippen LogP contribution in [-0.2, 0) is 61.9 Å². The Morgan fingerprint density at radius 1 is 0.736 bits per heavy atom. The molecule has 2 aliphatic heterocycles. The van der Waals surface area contributed by atoms with Crippen LogP contribution in [0.1, 0.15) is 25.0 Å². The second-order valence-electron chi connectivity index (χ2n) is 12.3. The lowest BCUT2D eigenvalue weighted by molar-refractivity contribution is -0.275. The van der Waals surface area contributed by atoms with Gasteiger partial charge in [-0.3, -0.25) is 18.0 Å². The van der Waals surface area contributed by atoms with Crippen molar-refractivity contribution in [2.24, 2.45) is 0 Å². The molecule has 53 heavy (non-hydrogen) atoms. The fourth-order valence-corrected chi connectivity index (χ4v) is 8.48. The number of carbonyl (C=O) groups is 2. The fourth-order valence-electron chi connectivity index (χ4n) is 5.49. The van der Waals surface area contributed by atoms with Gasteiger partial charge in [-0.05, 0) is 56.3 Å². The van der Waals surface area contributed by atoms with E-state index in [4.69, 9.17) is 32.1 Å². The van der Waals surface area contributed by atoms with Crippen molar-refractivity contribution in [3.63, 3.8) is 0 Å². The highest BCUT2D eigenvalue weighted by molar-refractivity contribution is 8.00. The number of hydrogen-bond donors (Lipinski definition) is 1. The van der Waals surface area contributed by atoms with E-state index in [9.17, 15) is 31.5 Å². The molecule has 286 valence electrons. The molecule has 1 fully saturated rings. The van der Waals surface area contributed by atoms with Gasteiger partial charge in [-0.2, -0.15) is 16.8 Å². The SMILES string of the molecule is CC(=O)O[C@H]1[C@H](O)[C@@H](Sc2ccccc2)[C@H](O[C@@H]2C=CO[C@H](COS(=O)(=O)c3ccc(C)cc3)[C@H]2OC(C)=O)O[C@@H]1COS(=O)(=O)c1ccc(C)cc1. The van der Waals surface area contributed by atoms with Gasteiger partial charge in [-0.15, -0.1) is 11.8 Å². The number of aliphatic hydroxyl groups is 1. The van der Waals surface area contributed by atoms with Crippen molar-refractivity contribution < 1.29 is 63.6 Å². The van der Waals surface area contributed by atoms with Crippen LogP contribution < -0.4 is 0 Å². The van der Waals surface area contributed by atoms with Crippen molar-refractivity contribution in [2.75, 3.05) is 13.2 Å². The Kier molecular flexibility index (Phi) is 13.4. The van der Waals surface area contributed by atoms with Crippen molar-refractivity contribution in [3.05, 3.63) is 102 Å². The average molecular weight is 793 g/mol. The highest BCUT2D eigenvalue weighted by atomic mass is 32.2. The number of thioether (sulfide) groups is 1. The number of hydrogen-bond acceptors (Lipinski definition) is 15. The Morgan fingerprint density at radius 2 is 1.25 bits per heavy atom. The summed E-state index contributed by atoms with van der Waals surface area (Å²) in [5, 5.41) is 10.8. The van der Waals surface area contributed by atoms with E-state index in [1.807, 2.05) is 0 Å². The number of ether oxygens (including phenoxy) is 5. The monoisotopic (exact) mass is 792 g/mol. The summed E-state index contributed by atoms with van der Waals surface area (Å²) >= 11 is 1.13. The van der Waals surface area contributed by atoms with E-state index in [-0.39, 0.29) is 9.79 Å². The van der Waals surface area contributed by atoms with Crippen LogP contribution in [0.25, 0.3) is 0 Å². The van der Waals surface area contributed by atoms with Gasteiger partial charge in [-0.25, -0.2) is 0 Å². The Morgan fingerprint density at radius 3 is 1.77 bits per heavy atom. The summed E-state index contributed by atoms with van der Waals surface area (Å²) in [6.07, 6.45) is -6.66. The summed E-state index contributed by atoms with van der Waals surface area (Å²) in [7, 11) is -8.56. The molecule has 0 bridgehead atoms. The van der Waals surface area contributed by atoms with Crippen molar-refractivity contribution in [1.82, 2.24) is 0 Å². The quantitative estimate of drug-likeness (QED) is 0.183. The molecule has 0 radical (unpaired) electrons. The van der Waals surface area contributed by atoms with Crippen LogP contribution in [0.3, 0.4) is 0 Å². The van der Waals surface area contributed by atoms with Gasteiger partial charge in [0.15, 0.2) is 24.6 Å². The molecule has 2 heterocycles. The first-order valence-corrected chi connectivity index (χ1v) is 20.1. The van der Waals surface area contributed by atoms with E-state index in [1.54, 1.807) is 68.4 Å². The first-order chi connectivity index (χ1) is 25.1. The van der Waals surface area contributed by atoms with E-state index < -0.39 is 93.6 Å². The molecule has 0 unspecified atom stereocenters. The zero-order valence-corrected chi connectivity index (χ0v) is 31.6. The number of aliphatic hydroxyl groups excluding tert-OH is 1. The second-order valence-corrected chi connectivity index (χ2v) is 16.8. The standard InChI is InChI=1S/C36H40O14S3/c1-22-10-14-27(15-11-22)52(40,41)45-20-30-33(47-24(3)37)29(18-19-44-30)49-36-35(51-26-8-6-5-7-9-26)32(39)34(48-25(4)38)31(50-36)21-46-53(42,43)28-16-12-23(2)13-17-28/h5-19,29-36,39H,20-21H2,1-4H3/t29-,30-,31-,32+,33+,34-,35-,36-/m1/s1. The molecule has 8 atom stereocenters. The van der Waals surface area contributed by atoms with Gasteiger partial charge < -0.3 is 28.8 Å². The zero-order chi connectivity index (χ0) is 38.3. The first-order valence-electron chi connectivity index (χ1n) is 16.4. The van der Waals surface area contributed by atoms with E-state index in [2.05, 4.69) is 0 Å². The van der Waals surface area contributed by atoms with Crippen LogP contribution in [0.4, 0.5) is 0 Å². The molecule has 0 spiro atoms. The Balaban J connectivity index is 1.42. The van der Waals surface area contributed by atoms with Crippen molar-refractivity contribution in [1.29, 1.82) is 0 Å². The summed E-state index contributed by atoms with van der Waals surface area (Å²) in [4.78, 5) is 25.0. The molecule has 2 aliphatic rings. The molecule has 17 heteroatoms. The summed E-state index contributed by atoms with van der Waals surface area (Å²) in [5.74, 6) is -1.51. The van der Waals surface area contributed by atoms with Crippen molar-refractivity contribution in [2.45, 2.75) is 90.5 Å². The molecular formula is C36H40O14S3. The van der Waals surface area contributed by atoms with Crippen molar-refractivity contribution in [3.8, 4) is 0 Å². The molecular weight excluding hydrogens is 753 g/mol. The summed E-state index contributed by atoms with van der Waals surface area (Å²) in [6, 6.07) is 20.9. The highest BCUT2D eigenvalue weighted by Gasteiger charge is 2.51. The number of esters is 2. The van der Waals surface area contributed by atoms with Crippen LogP contribution >= 0.6 is 11.8 Å². The van der Waals surface area contributed by atoms with Crippen molar-refractivity contribution >= 4 is 43.9 Å². The van der Waals surface area contributed by atoms with Gasteiger partial charge in [0.1, 0.15) is 24.9 Å². The lowest BCUT2D eigenvalue weighted by Crippen LogP contribution is -2.61. The molecule has 0 aliphatic carbocycles. The number of aryl methyl sites for hydroxylation is 2. The van der Waals surface area contributed by atoms with Crippen LogP contribution in [0, 0.1) is 13.8 Å². The highest BCUT2D eigenvalue weighted by Crippen LogP contribution is 2.38. The van der Waals surface area contributed by atoms with Gasteiger partial charge >= 0.3 is 11.9 Å². The van der Waals surface area contributed by atoms with E-state index >= 15 is 0 Å². The molecule has 0 amide bonds. The van der Waals surface area contributed by atoms with E-state index in [1.165, 1.54) is 36.6 Å². The number of carbonyl (C=O) groups excluding carboxylic acids is 2. The molecule has 0 saturated carbocycles. The maximum absolute atomic E-state index is 13.1. The Labute approximate surface area is 312 Å². The van der Waals surface area contributed by atoms with Crippen LogP contribution in [-0.4, -0.2) is 95.3 Å². The predicted molar refractivity (Wildman–Crippen MR) is 189 cm³/mol. The Hall–Kier alpha value is -3.81. The zero-order valence-electron chi connectivity index (χ0n) is 29.2. The maximum Gasteiger partial charge on any atom is 0.303 e. The average Bonchev–Trinajstić information content (AvgIpc) is 3.11. The summed E-state index contributed by atoms with van der Waals surface area (Å²) < 4.78 is 92.1. The minimum absolute atomic E-state index is 0.0864. The Bertz CT molecular complexity index is 1950. The van der Waals surface area contributed by atoms with Gasteiger partial charge in [0.25, 0.3) is 20.2 Å².